The van der Waals surface area contributed by atoms with E-state index in [1.165, 1.54) is 0 Å². The summed E-state index contributed by atoms with van der Waals surface area (Å²) in [6.07, 6.45) is 0. The van der Waals surface area contributed by atoms with Crippen LogP contribution in [0.5, 0.6) is 11.6 Å². The van der Waals surface area contributed by atoms with Crippen molar-refractivity contribution < 1.29 is 9.94 Å². The van der Waals surface area contributed by atoms with Gasteiger partial charge in [0.25, 0.3) is 0 Å². The molecule has 0 radical (unpaired) electrons. The number of nitrogens with zero attached hydrogens (tertiary/aromatic N) is 3. The Morgan fingerprint density at radius 2 is 1.65 bits per heavy atom. The van der Waals surface area contributed by atoms with Gasteiger partial charge < -0.3 is 9.94 Å². The van der Waals surface area contributed by atoms with Crippen LogP contribution in [-0.2, 0) is 7.05 Å². The molecule has 0 aliphatic rings. The van der Waals surface area contributed by atoms with Gasteiger partial charge in [0.15, 0.2) is 0 Å². The van der Waals surface area contributed by atoms with Crippen molar-refractivity contribution in [3.05, 3.63) is 77.5 Å². The topological polar surface area (TPSA) is 59.6 Å². The van der Waals surface area contributed by atoms with Crippen LogP contribution in [0.4, 0.5) is 0 Å². The van der Waals surface area contributed by atoms with E-state index < -0.39 is 0 Å². The molecule has 0 spiro atoms. The second kappa shape index (κ2) is 6.36. The third-order valence-corrected chi connectivity index (χ3v) is 3.51. The number of hydrogen-bond acceptors (Lipinski definition) is 4. The largest absolute Gasteiger partial charge is 0.439 e. The lowest BCUT2D eigenvalue weighted by Crippen LogP contribution is -2.06. The quantitative estimate of drug-likeness (QED) is 0.454. The molecule has 0 bridgehead atoms. The molecule has 23 heavy (non-hydrogen) atoms. The maximum atomic E-state index is 9.55. The fourth-order valence-corrected chi connectivity index (χ4v) is 2.47. The summed E-state index contributed by atoms with van der Waals surface area (Å²) in [7, 11) is 1.80. The lowest BCUT2D eigenvalue weighted by atomic mass is 10.0. The summed E-state index contributed by atoms with van der Waals surface area (Å²) in [4.78, 5) is 0. The molecule has 1 aromatic heterocycles. The number of aromatic nitrogens is 2. The summed E-state index contributed by atoms with van der Waals surface area (Å²) in [5.41, 5.74) is 2.63. The standard InChI is InChI=1S/C18H17N3O2/c1-13-16(17(20-22)14-9-5-3-6-10-14)18(21(2)19-13)23-15-11-7-4-8-12-15/h3-12,22H,1-2H3. The van der Waals surface area contributed by atoms with Gasteiger partial charge in [-0.05, 0) is 19.1 Å². The highest BCUT2D eigenvalue weighted by Crippen LogP contribution is 2.29. The van der Waals surface area contributed by atoms with Crippen LogP contribution in [0.1, 0.15) is 16.8 Å². The Labute approximate surface area is 134 Å². The van der Waals surface area contributed by atoms with Gasteiger partial charge in [-0.15, -0.1) is 0 Å². The Hall–Kier alpha value is -3.08. The third-order valence-electron chi connectivity index (χ3n) is 3.51. The first kappa shape index (κ1) is 14.8. The van der Waals surface area contributed by atoms with Crippen LogP contribution < -0.4 is 4.74 Å². The number of benzene rings is 2. The Morgan fingerprint density at radius 1 is 1.04 bits per heavy atom. The van der Waals surface area contributed by atoms with E-state index in [-0.39, 0.29) is 0 Å². The first-order chi connectivity index (χ1) is 11.2. The minimum Gasteiger partial charge on any atom is -0.439 e. The van der Waals surface area contributed by atoms with E-state index >= 15 is 0 Å². The van der Waals surface area contributed by atoms with Crippen molar-refractivity contribution >= 4 is 5.71 Å². The second-order valence-corrected chi connectivity index (χ2v) is 5.12. The Balaban J connectivity index is 2.09. The van der Waals surface area contributed by atoms with Crippen molar-refractivity contribution in [2.24, 2.45) is 12.2 Å². The van der Waals surface area contributed by atoms with Crippen LogP contribution in [-0.4, -0.2) is 20.7 Å². The summed E-state index contributed by atoms with van der Waals surface area (Å²) in [5, 5.41) is 17.4. The van der Waals surface area contributed by atoms with Gasteiger partial charge in [0, 0.05) is 12.6 Å². The molecule has 1 N–H and O–H groups in total. The van der Waals surface area contributed by atoms with Gasteiger partial charge in [0.2, 0.25) is 5.88 Å². The van der Waals surface area contributed by atoms with Crippen molar-refractivity contribution in [3.8, 4) is 11.6 Å². The fourth-order valence-electron chi connectivity index (χ4n) is 2.47. The zero-order valence-corrected chi connectivity index (χ0v) is 13.0. The molecular formula is C18H17N3O2. The molecule has 3 rings (SSSR count). The maximum Gasteiger partial charge on any atom is 0.227 e. The zero-order chi connectivity index (χ0) is 16.2. The number of ether oxygens (including phenoxy) is 1. The smallest absolute Gasteiger partial charge is 0.227 e. The average molecular weight is 307 g/mol. The van der Waals surface area contributed by atoms with Gasteiger partial charge in [-0.25, -0.2) is 4.68 Å². The third kappa shape index (κ3) is 2.94. The number of para-hydroxylation sites is 1. The molecular weight excluding hydrogens is 290 g/mol. The Kier molecular flexibility index (Phi) is 4.10. The predicted molar refractivity (Wildman–Crippen MR) is 88.3 cm³/mol. The molecule has 2 aromatic carbocycles. The molecule has 0 fully saturated rings. The van der Waals surface area contributed by atoms with Crippen LogP contribution in [0.3, 0.4) is 0 Å². The molecule has 0 saturated heterocycles. The molecule has 0 unspecified atom stereocenters. The molecule has 0 amide bonds. The number of rotatable bonds is 4. The highest BCUT2D eigenvalue weighted by molar-refractivity contribution is 6.14. The van der Waals surface area contributed by atoms with Gasteiger partial charge in [-0.1, -0.05) is 53.7 Å². The summed E-state index contributed by atoms with van der Waals surface area (Å²) in [6, 6.07) is 18.9. The molecule has 0 saturated carbocycles. The summed E-state index contributed by atoms with van der Waals surface area (Å²) in [5.74, 6) is 1.23. The lowest BCUT2D eigenvalue weighted by molar-refractivity contribution is 0.319. The monoisotopic (exact) mass is 307 g/mol. The molecule has 116 valence electrons. The van der Waals surface area contributed by atoms with E-state index in [0.717, 1.165) is 11.3 Å². The van der Waals surface area contributed by atoms with Crippen LogP contribution in [0, 0.1) is 6.92 Å². The van der Waals surface area contributed by atoms with Gasteiger partial charge in [0.05, 0.1) is 11.3 Å². The second-order valence-electron chi connectivity index (χ2n) is 5.12. The van der Waals surface area contributed by atoms with E-state index in [9.17, 15) is 5.21 Å². The van der Waals surface area contributed by atoms with E-state index in [1.807, 2.05) is 67.6 Å². The van der Waals surface area contributed by atoms with E-state index in [0.29, 0.717) is 22.9 Å². The van der Waals surface area contributed by atoms with Gasteiger partial charge in [0.1, 0.15) is 11.5 Å². The average Bonchev–Trinajstić information content (AvgIpc) is 2.85. The van der Waals surface area contributed by atoms with Gasteiger partial charge in [-0.3, -0.25) is 0 Å². The zero-order valence-electron chi connectivity index (χ0n) is 13.0. The van der Waals surface area contributed by atoms with Crippen LogP contribution in [0.15, 0.2) is 65.8 Å². The van der Waals surface area contributed by atoms with Crippen molar-refractivity contribution in [2.75, 3.05) is 0 Å². The highest BCUT2D eigenvalue weighted by atomic mass is 16.5. The first-order valence-corrected chi connectivity index (χ1v) is 7.25. The van der Waals surface area contributed by atoms with Crippen molar-refractivity contribution in [1.29, 1.82) is 0 Å². The normalized spacial score (nSPS) is 11.5. The van der Waals surface area contributed by atoms with Crippen LogP contribution in [0.2, 0.25) is 0 Å². The van der Waals surface area contributed by atoms with Crippen LogP contribution in [0.25, 0.3) is 0 Å². The first-order valence-electron chi connectivity index (χ1n) is 7.25. The molecule has 5 heteroatoms. The summed E-state index contributed by atoms with van der Waals surface area (Å²) >= 11 is 0. The maximum absolute atomic E-state index is 9.55. The molecule has 3 aromatic rings. The molecule has 1 heterocycles. The Morgan fingerprint density at radius 3 is 2.26 bits per heavy atom. The van der Waals surface area contributed by atoms with Gasteiger partial charge >= 0.3 is 0 Å². The number of oxime groups is 1. The van der Waals surface area contributed by atoms with Crippen molar-refractivity contribution in [3.63, 3.8) is 0 Å². The van der Waals surface area contributed by atoms with E-state index in [4.69, 9.17) is 4.74 Å². The number of hydrogen-bond donors (Lipinski definition) is 1. The van der Waals surface area contributed by atoms with Gasteiger partial charge in [-0.2, -0.15) is 5.10 Å². The Bertz CT molecular complexity index is 824. The molecule has 0 aliphatic heterocycles. The minimum absolute atomic E-state index is 0.433. The SMILES string of the molecule is Cc1nn(C)c(Oc2ccccc2)c1C(=NO)c1ccccc1. The van der Waals surface area contributed by atoms with Crippen LogP contribution >= 0.6 is 0 Å². The fraction of sp³-hybridized carbons (Fsp3) is 0.111. The molecule has 0 atom stereocenters. The summed E-state index contributed by atoms with van der Waals surface area (Å²) in [6.45, 7) is 1.86. The van der Waals surface area contributed by atoms with E-state index in [1.54, 1.807) is 11.7 Å². The van der Waals surface area contributed by atoms with E-state index in [2.05, 4.69) is 10.3 Å². The number of aryl methyl sites for hydroxylation is 2. The molecule has 0 aliphatic carbocycles. The lowest BCUT2D eigenvalue weighted by Gasteiger charge is -2.10. The predicted octanol–water partition coefficient (Wildman–Crippen LogP) is 3.75. The van der Waals surface area contributed by atoms with Crippen molar-refractivity contribution in [2.45, 2.75) is 6.92 Å². The highest BCUT2D eigenvalue weighted by Gasteiger charge is 2.22. The van der Waals surface area contributed by atoms with Crippen molar-refractivity contribution in [1.82, 2.24) is 9.78 Å². The minimum atomic E-state index is 0.433. The molecule has 5 nitrogen and oxygen atoms in total. The summed E-state index contributed by atoms with van der Waals surface area (Å²) < 4.78 is 7.62.